The molecule has 102 valence electrons. The molecule has 0 saturated carbocycles. The van der Waals surface area contributed by atoms with Gasteiger partial charge in [0.25, 0.3) is 0 Å². The summed E-state index contributed by atoms with van der Waals surface area (Å²) in [5.74, 6) is -0.0838. The van der Waals surface area contributed by atoms with E-state index in [2.05, 4.69) is 0 Å². The van der Waals surface area contributed by atoms with Gasteiger partial charge in [-0.25, -0.2) is 0 Å². The molecule has 1 unspecified atom stereocenters. The van der Waals surface area contributed by atoms with Crippen LogP contribution in [0.3, 0.4) is 0 Å². The minimum Gasteiger partial charge on any atom is -0.493 e. The van der Waals surface area contributed by atoms with Crippen LogP contribution in [0.4, 0.5) is 0 Å². The second kappa shape index (κ2) is 6.61. The fourth-order valence-corrected chi connectivity index (χ4v) is 1.77. The highest BCUT2D eigenvalue weighted by atomic mass is 16.5. The molecule has 0 spiro atoms. The zero-order valence-electron chi connectivity index (χ0n) is 10.8. The Morgan fingerprint density at radius 2 is 2.16 bits per heavy atom. The molecule has 0 fully saturated rings. The number of carboxylic acids is 1. The standard InChI is InChI=1S/C13H16N2O4/c1-18-11-6-8(7-14)5-9(13(11)19-2)10(15)3-4-12(16)17/h5-6,10H,3-4,15H2,1-2H3,(H,16,17). The van der Waals surface area contributed by atoms with E-state index in [1.54, 1.807) is 12.1 Å². The Morgan fingerprint density at radius 1 is 1.47 bits per heavy atom. The minimum atomic E-state index is -0.919. The molecule has 1 aromatic carbocycles. The van der Waals surface area contributed by atoms with Crippen molar-refractivity contribution in [2.24, 2.45) is 5.73 Å². The number of nitriles is 1. The highest BCUT2D eigenvalue weighted by Crippen LogP contribution is 2.36. The minimum absolute atomic E-state index is 0.0522. The third kappa shape index (κ3) is 3.60. The SMILES string of the molecule is COc1cc(C#N)cc(C(N)CCC(=O)O)c1OC. The number of aliphatic carboxylic acids is 1. The van der Waals surface area contributed by atoms with E-state index in [0.717, 1.165) is 0 Å². The molecular formula is C13H16N2O4. The predicted octanol–water partition coefficient (Wildman–Crippen LogP) is 1.44. The summed E-state index contributed by atoms with van der Waals surface area (Å²) in [6.07, 6.45) is 0.202. The lowest BCUT2D eigenvalue weighted by molar-refractivity contribution is -0.137. The lowest BCUT2D eigenvalue weighted by Gasteiger charge is -2.17. The fourth-order valence-electron chi connectivity index (χ4n) is 1.77. The molecule has 19 heavy (non-hydrogen) atoms. The maximum atomic E-state index is 10.6. The largest absolute Gasteiger partial charge is 0.493 e. The van der Waals surface area contributed by atoms with Gasteiger partial charge >= 0.3 is 5.97 Å². The van der Waals surface area contributed by atoms with Crippen molar-refractivity contribution in [2.75, 3.05) is 14.2 Å². The van der Waals surface area contributed by atoms with E-state index in [4.69, 9.17) is 25.6 Å². The number of nitrogens with two attached hydrogens (primary N) is 1. The Morgan fingerprint density at radius 3 is 2.63 bits per heavy atom. The molecule has 0 saturated heterocycles. The van der Waals surface area contributed by atoms with Crippen LogP contribution < -0.4 is 15.2 Å². The van der Waals surface area contributed by atoms with Gasteiger partial charge in [-0.15, -0.1) is 0 Å². The topological polar surface area (TPSA) is 106 Å². The van der Waals surface area contributed by atoms with Crippen molar-refractivity contribution in [1.29, 1.82) is 5.26 Å². The summed E-state index contributed by atoms with van der Waals surface area (Å²) in [6.45, 7) is 0. The van der Waals surface area contributed by atoms with E-state index < -0.39 is 12.0 Å². The number of ether oxygens (including phenoxy) is 2. The first kappa shape index (κ1) is 14.8. The summed E-state index contributed by atoms with van der Waals surface area (Å²) < 4.78 is 10.4. The number of carbonyl (C=O) groups is 1. The quantitative estimate of drug-likeness (QED) is 0.805. The zero-order valence-corrected chi connectivity index (χ0v) is 10.8. The first-order valence-electron chi connectivity index (χ1n) is 5.66. The molecule has 1 atom stereocenters. The van der Waals surface area contributed by atoms with Gasteiger partial charge in [0.2, 0.25) is 0 Å². The number of hydrogen-bond acceptors (Lipinski definition) is 5. The Balaban J connectivity index is 3.16. The highest BCUT2D eigenvalue weighted by molar-refractivity contribution is 5.66. The molecule has 1 aromatic rings. The van der Waals surface area contributed by atoms with Crippen molar-refractivity contribution in [1.82, 2.24) is 0 Å². The van der Waals surface area contributed by atoms with E-state index in [1.807, 2.05) is 6.07 Å². The molecule has 0 radical (unpaired) electrons. The summed E-state index contributed by atoms with van der Waals surface area (Å²) in [5.41, 5.74) is 6.92. The van der Waals surface area contributed by atoms with Crippen LogP contribution in [0.1, 0.15) is 30.0 Å². The normalized spacial score (nSPS) is 11.5. The molecular weight excluding hydrogens is 248 g/mol. The van der Waals surface area contributed by atoms with Gasteiger partial charge in [0, 0.05) is 24.1 Å². The van der Waals surface area contributed by atoms with Crippen LogP contribution in [0.15, 0.2) is 12.1 Å². The van der Waals surface area contributed by atoms with Gasteiger partial charge in [0.15, 0.2) is 11.5 Å². The number of nitrogens with zero attached hydrogens (tertiary/aromatic N) is 1. The van der Waals surface area contributed by atoms with Crippen molar-refractivity contribution >= 4 is 5.97 Å². The lowest BCUT2D eigenvalue weighted by Crippen LogP contribution is -2.14. The fraction of sp³-hybridized carbons (Fsp3) is 0.385. The molecule has 3 N–H and O–H groups in total. The average molecular weight is 264 g/mol. The zero-order chi connectivity index (χ0) is 14.4. The Hall–Kier alpha value is -2.26. The van der Waals surface area contributed by atoms with E-state index >= 15 is 0 Å². The maximum absolute atomic E-state index is 10.6. The molecule has 6 nitrogen and oxygen atoms in total. The van der Waals surface area contributed by atoms with Gasteiger partial charge in [-0.05, 0) is 12.5 Å². The van der Waals surface area contributed by atoms with Crippen LogP contribution in [-0.2, 0) is 4.79 Å². The molecule has 1 rings (SSSR count). The first-order chi connectivity index (χ1) is 9.03. The van der Waals surface area contributed by atoms with Crippen molar-refractivity contribution in [3.63, 3.8) is 0 Å². The smallest absolute Gasteiger partial charge is 0.303 e. The third-order valence-electron chi connectivity index (χ3n) is 2.71. The van der Waals surface area contributed by atoms with Crippen molar-refractivity contribution in [2.45, 2.75) is 18.9 Å². The maximum Gasteiger partial charge on any atom is 0.303 e. The number of carboxylic acid groups (broad SMARTS) is 1. The van der Waals surface area contributed by atoms with E-state index in [0.29, 0.717) is 22.6 Å². The molecule has 0 aliphatic heterocycles. The summed E-state index contributed by atoms with van der Waals surface area (Å²) in [4.78, 5) is 10.6. The van der Waals surface area contributed by atoms with E-state index in [9.17, 15) is 4.79 Å². The molecule has 0 heterocycles. The monoisotopic (exact) mass is 264 g/mol. The van der Waals surface area contributed by atoms with E-state index in [-0.39, 0.29) is 12.8 Å². The molecule has 0 aliphatic carbocycles. The summed E-state index contributed by atoms with van der Waals surface area (Å²) in [7, 11) is 2.93. The third-order valence-corrected chi connectivity index (χ3v) is 2.71. The molecule has 0 amide bonds. The van der Waals surface area contributed by atoms with Gasteiger partial charge < -0.3 is 20.3 Å². The van der Waals surface area contributed by atoms with Crippen LogP contribution in [-0.4, -0.2) is 25.3 Å². The van der Waals surface area contributed by atoms with Crippen molar-refractivity contribution in [3.05, 3.63) is 23.3 Å². The number of benzene rings is 1. The Bertz CT molecular complexity index is 508. The van der Waals surface area contributed by atoms with Gasteiger partial charge in [-0.2, -0.15) is 5.26 Å². The average Bonchev–Trinajstić information content (AvgIpc) is 2.42. The van der Waals surface area contributed by atoms with Gasteiger partial charge in [0.05, 0.1) is 25.9 Å². The second-order valence-corrected chi connectivity index (χ2v) is 3.95. The molecule has 6 heteroatoms. The second-order valence-electron chi connectivity index (χ2n) is 3.95. The van der Waals surface area contributed by atoms with Crippen LogP contribution >= 0.6 is 0 Å². The van der Waals surface area contributed by atoms with Crippen LogP contribution in [0.25, 0.3) is 0 Å². The predicted molar refractivity (Wildman–Crippen MR) is 68.1 cm³/mol. The highest BCUT2D eigenvalue weighted by Gasteiger charge is 2.18. The lowest BCUT2D eigenvalue weighted by atomic mass is 9.99. The summed E-state index contributed by atoms with van der Waals surface area (Å²) in [6, 6.07) is 4.61. The van der Waals surface area contributed by atoms with Crippen LogP contribution in [0, 0.1) is 11.3 Å². The van der Waals surface area contributed by atoms with Gasteiger partial charge in [-0.3, -0.25) is 4.79 Å². The Kier molecular flexibility index (Phi) is 5.15. The molecule has 0 aliphatic rings. The van der Waals surface area contributed by atoms with Crippen molar-refractivity contribution in [3.8, 4) is 17.6 Å². The van der Waals surface area contributed by atoms with Gasteiger partial charge in [-0.1, -0.05) is 0 Å². The van der Waals surface area contributed by atoms with Crippen LogP contribution in [0.2, 0.25) is 0 Å². The van der Waals surface area contributed by atoms with Crippen molar-refractivity contribution < 1.29 is 19.4 Å². The first-order valence-corrected chi connectivity index (χ1v) is 5.66. The number of hydrogen-bond donors (Lipinski definition) is 2. The number of methoxy groups -OCH3 is 2. The summed E-state index contributed by atoms with van der Waals surface area (Å²) >= 11 is 0. The van der Waals surface area contributed by atoms with Crippen LogP contribution in [0.5, 0.6) is 11.5 Å². The summed E-state index contributed by atoms with van der Waals surface area (Å²) in [5, 5.41) is 17.6. The van der Waals surface area contributed by atoms with E-state index in [1.165, 1.54) is 14.2 Å². The van der Waals surface area contributed by atoms with Gasteiger partial charge in [0.1, 0.15) is 0 Å². The Labute approximate surface area is 111 Å². The molecule has 0 bridgehead atoms. The molecule has 0 aromatic heterocycles. The number of rotatable bonds is 6.